The van der Waals surface area contributed by atoms with E-state index >= 15 is 0 Å². The fraction of sp³-hybridized carbons (Fsp3) is 0.636. The van der Waals surface area contributed by atoms with Crippen LogP contribution in [0.5, 0.6) is 0 Å². The Hall–Kier alpha value is -0.993. The number of hydrogen-bond acceptors (Lipinski definition) is 6. The van der Waals surface area contributed by atoms with Crippen LogP contribution in [0.2, 0.25) is 19.6 Å². The molecule has 0 aliphatic carbocycles. The van der Waals surface area contributed by atoms with E-state index in [4.69, 9.17) is 14.9 Å². The van der Waals surface area contributed by atoms with E-state index in [9.17, 15) is 9.59 Å². The van der Waals surface area contributed by atoms with Crippen LogP contribution in [-0.2, 0) is 18.8 Å². The quantitative estimate of drug-likeness (QED) is 0.603. The second-order valence-electron chi connectivity index (χ2n) is 5.41. The molecule has 2 N–H and O–H groups in total. The van der Waals surface area contributed by atoms with Crippen molar-refractivity contribution in [2.24, 2.45) is 5.73 Å². The molecule has 2 aliphatic heterocycles. The van der Waals surface area contributed by atoms with Crippen molar-refractivity contribution >= 4 is 32.0 Å². The maximum Gasteiger partial charge on any atom is 0.345 e. The van der Waals surface area contributed by atoms with E-state index in [-0.39, 0.29) is 17.0 Å². The molecular weight excluding hydrogens is 284 g/mol. The average Bonchev–Trinajstić information content (AvgIpc) is 2.33. The standard InChI is InChI=1S/C11H18N2O4SSi/c1-16-6-5-18-10-7(12)9(14)13(10)8(6)11(15)17-19(2,3)4/h7,10H,5,12H2,1-4H3/t7-,10+/m1/s1. The molecule has 2 atom stereocenters. The molecule has 2 heterocycles. The summed E-state index contributed by atoms with van der Waals surface area (Å²) in [7, 11) is -0.540. The molecule has 1 amide bonds. The highest BCUT2D eigenvalue weighted by molar-refractivity contribution is 8.00. The van der Waals surface area contributed by atoms with Gasteiger partial charge >= 0.3 is 5.97 Å². The first kappa shape index (κ1) is 14.4. The predicted molar refractivity (Wildman–Crippen MR) is 74.5 cm³/mol. The monoisotopic (exact) mass is 302 g/mol. The summed E-state index contributed by atoms with van der Waals surface area (Å²) < 4.78 is 10.7. The van der Waals surface area contributed by atoms with Crippen molar-refractivity contribution in [1.29, 1.82) is 0 Å². The predicted octanol–water partition coefficient (Wildman–Crippen LogP) is 0.465. The van der Waals surface area contributed by atoms with Crippen LogP contribution in [-0.4, -0.2) is 49.4 Å². The molecule has 6 nitrogen and oxygen atoms in total. The van der Waals surface area contributed by atoms with Gasteiger partial charge in [-0.15, -0.1) is 11.8 Å². The minimum atomic E-state index is -2.03. The molecule has 0 spiro atoms. The molecule has 8 heteroatoms. The summed E-state index contributed by atoms with van der Waals surface area (Å²) in [6.45, 7) is 5.74. The van der Waals surface area contributed by atoms with E-state index in [1.807, 2.05) is 19.6 Å². The Balaban J connectivity index is 2.30. The summed E-state index contributed by atoms with van der Waals surface area (Å²) >= 11 is 1.50. The number of thioether (sulfide) groups is 1. The van der Waals surface area contributed by atoms with Gasteiger partial charge in [-0.2, -0.15) is 0 Å². The molecule has 2 aliphatic rings. The Bertz CT molecular complexity index is 460. The van der Waals surface area contributed by atoms with Gasteiger partial charge in [-0.3, -0.25) is 9.69 Å². The van der Waals surface area contributed by atoms with Crippen LogP contribution < -0.4 is 5.73 Å². The van der Waals surface area contributed by atoms with Gasteiger partial charge in [0.1, 0.15) is 17.2 Å². The molecule has 19 heavy (non-hydrogen) atoms. The number of nitrogens with zero attached hydrogens (tertiary/aromatic N) is 1. The molecule has 0 aromatic heterocycles. The summed E-state index contributed by atoms with van der Waals surface area (Å²) in [5.74, 6) is 0.259. The van der Waals surface area contributed by atoms with E-state index in [0.717, 1.165) is 0 Å². The summed E-state index contributed by atoms with van der Waals surface area (Å²) in [6, 6.07) is -0.543. The Morgan fingerprint density at radius 3 is 2.63 bits per heavy atom. The number of hydrogen-bond donors (Lipinski definition) is 1. The molecule has 0 radical (unpaired) electrons. The van der Waals surface area contributed by atoms with Gasteiger partial charge in [0, 0.05) is 0 Å². The number of β-lactam (4-membered cyclic amide) rings is 1. The van der Waals surface area contributed by atoms with E-state index in [1.165, 1.54) is 23.8 Å². The van der Waals surface area contributed by atoms with Crippen LogP contribution in [0.4, 0.5) is 0 Å². The van der Waals surface area contributed by atoms with E-state index in [0.29, 0.717) is 11.5 Å². The topological polar surface area (TPSA) is 81.9 Å². The van der Waals surface area contributed by atoms with E-state index in [2.05, 4.69) is 0 Å². The fourth-order valence-electron chi connectivity index (χ4n) is 1.96. The number of ether oxygens (including phenoxy) is 1. The van der Waals surface area contributed by atoms with E-state index in [1.54, 1.807) is 0 Å². The third kappa shape index (κ3) is 2.52. The summed E-state index contributed by atoms with van der Waals surface area (Å²) in [5.41, 5.74) is 5.96. The van der Waals surface area contributed by atoms with Crippen molar-refractivity contribution in [3.05, 3.63) is 11.5 Å². The lowest BCUT2D eigenvalue weighted by Gasteiger charge is -2.48. The van der Waals surface area contributed by atoms with Crippen molar-refractivity contribution in [2.45, 2.75) is 31.1 Å². The highest BCUT2D eigenvalue weighted by atomic mass is 32.2. The van der Waals surface area contributed by atoms with Gasteiger partial charge in [-0.25, -0.2) is 4.79 Å². The number of amides is 1. The smallest absolute Gasteiger partial charge is 0.345 e. The van der Waals surface area contributed by atoms with Crippen molar-refractivity contribution in [2.75, 3.05) is 12.9 Å². The Kier molecular flexibility index (Phi) is 3.67. The molecule has 0 saturated carbocycles. The van der Waals surface area contributed by atoms with Gasteiger partial charge in [0.05, 0.1) is 12.9 Å². The van der Waals surface area contributed by atoms with Crippen LogP contribution >= 0.6 is 11.8 Å². The van der Waals surface area contributed by atoms with Crippen molar-refractivity contribution in [3.8, 4) is 0 Å². The van der Waals surface area contributed by atoms with Gasteiger partial charge in [-0.05, 0) is 19.6 Å². The lowest BCUT2D eigenvalue weighted by molar-refractivity contribution is -0.147. The van der Waals surface area contributed by atoms with Gasteiger partial charge in [-0.1, -0.05) is 0 Å². The first-order valence-electron chi connectivity index (χ1n) is 5.97. The average molecular weight is 302 g/mol. The molecule has 106 valence electrons. The molecule has 0 aromatic rings. The zero-order chi connectivity index (χ0) is 14.4. The molecule has 1 saturated heterocycles. The van der Waals surface area contributed by atoms with E-state index < -0.39 is 20.3 Å². The number of rotatable bonds is 3. The third-order valence-electron chi connectivity index (χ3n) is 2.81. The maximum absolute atomic E-state index is 12.3. The van der Waals surface area contributed by atoms with Crippen molar-refractivity contribution in [1.82, 2.24) is 4.90 Å². The van der Waals surface area contributed by atoms with Crippen LogP contribution in [0, 0.1) is 0 Å². The molecule has 1 fully saturated rings. The zero-order valence-corrected chi connectivity index (χ0v) is 13.2. The zero-order valence-electron chi connectivity index (χ0n) is 11.4. The number of methoxy groups -OCH3 is 1. The summed E-state index contributed by atoms with van der Waals surface area (Å²) in [5, 5.41) is -0.185. The highest BCUT2D eigenvalue weighted by Gasteiger charge is 2.52. The maximum atomic E-state index is 12.3. The number of nitrogens with two attached hydrogens (primary N) is 1. The Labute approximate surface area is 117 Å². The van der Waals surface area contributed by atoms with Gasteiger partial charge < -0.3 is 14.9 Å². The third-order valence-corrected chi connectivity index (χ3v) is 4.89. The second-order valence-corrected chi connectivity index (χ2v) is 10.9. The first-order chi connectivity index (χ1) is 8.76. The van der Waals surface area contributed by atoms with Gasteiger partial charge in [0.2, 0.25) is 14.2 Å². The van der Waals surface area contributed by atoms with Gasteiger partial charge in [0.25, 0.3) is 0 Å². The molecule has 2 rings (SSSR count). The van der Waals surface area contributed by atoms with Gasteiger partial charge in [0.15, 0.2) is 5.70 Å². The number of fused-ring (bicyclic) bond motifs is 1. The molecule has 0 aromatic carbocycles. The Morgan fingerprint density at radius 2 is 2.11 bits per heavy atom. The van der Waals surface area contributed by atoms with Crippen molar-refractivity contribution in [3.63, 3.8) is 0 Å². The normalized spacial score (nSPS) is 26.8. The molecule has 0 bridgehead atoms. The molecule has 0 unspecified atom stereocenters. The highest BCUT2D eigenvalue weighted by Crippen LogP contribution is 2.40. The van der Waals surface area contributed by atoms with Crippen LogP contribution in [0.3, 0.4) is 0 Å². The minimum Gasteiger partial charge on any atom is -0.515 e. The van der Waals surface area contributed by atoms with Crippen molar-refractivity contribution < 1.29 is 18.8 Å². The van der Waals surface area contributed by atoms with Crippen LogP contribution in [0.1, 0.15) is 0 Å². The number of carbonyl (C=O) groups excluding carboxylic acids is 2. The fourth-order valence-corrected chi connectivity index (χ4v) is 3.87. The second kappa shape index (κ2) is 4.84. The Morgan fingerprint density at radius 1 is 1.47 bits per heavy atom. The SMILES string of the molecule is COC1=C(C(=O)O[Si](C)(C)C)N2C(=O)[C@@H](N)[C@@H]2SC1. The summed E-state index contributed by atoms with van der Waals surface area (Å²) in [6.07, 6.45) is 0. The summed E-state index contributed by atoms with van der Waals surface area (Å²) in [4.78, 5) is 25.5. The van der Waals surface area contributed by atoms with Crippen LogP contribution in [0.25, 0.3) is 0 Å². The molecular formula is C11H18N2O4SSi. The van der Waals surface area contributed by atoms with Crippen LogP contribution in [0.15, 0.2) is 11.5 Å². The first-order valence-corrected chi connectivity index (χ1v) is 10.4. The number of carbonyl (C=O) groups is 2. The largest absolute Gasteiger partial charge is 0.515 e. The minimum absolute atomic E-state index is 0.185. The lowest BCUT2D eigenvalue weighted by Crippen LogP contribution is -2.68. The lowest BCUT2D eigenvalue weighted by atomic mass is 10.1.